The van der Waals surface area contributed by atoms with Gasteiger partial charge in [-0.05, 0) is 55.7 Å². The average molecular weight is 506 g/mol. The number of nitrogens with zero attached hydrogens (tertiary/aromatic N) is 3. The fraction of sp³-hybridized carbons (Fsp3) is 0.476. The van der Waals surface area contributed by atoms with Crippen LogP contribution in [0.1, 0.15) is 36.8 Å². The number of amides is 1. The zero-order chi connectivity index (χ0) is 23.1. The number of nitrogens with one attached hydrogen (secondary N) is 3. The number of primary amides is 1. The Bertz CT molecular complexity index is 964. The molecule has 1 aliphatic carbocycles. The molecule has 0 radical (unpaired) electrons. The Hall–Kier alpha value is -2.79. The highest BCUT2D eigenvalue weighted by molar-refractivity contribution is 9.10. The molecule has 1 aromatic heterocycles. The Kier molecular flexibility index (Phi) is 8.34. The lowest BCUT2D eigenvalue weighted by atomic mass is 9.86. The van der Waals surface area contributed by atoms with Crippen molar-refractivity contribution in [1.82, 2.24) is 15.3 Å². The number of benzene rings is 1. The normalized spacial score (nSPS) is 18.2. The van der Waals surface area contributed by atoms with Crippen LogP contribution >= 0.6 is 15.9 Å². The molecule has 2 aromatic rings. The summed E-state index contributed by atoms with van der Waals surface area (Å²) in [5.74, 6) is 0.561. The van der Waals surface area contributed by atoms with Gasteiger partial charge in [0.1, 0.15) is 6.20 Å². The predicted octanol–water partition coefficient (Wildman–Crippen LogP) is 3.11. The fourth-order valence-corrected chi connectivity index (χ4v) is 4.21. The molecule has 0 bridgehead atoms. The molecule has 32 heavy (non-hydrogen) atoms. The van der Waals surface area contributed by atoms with Crippen LogP contribution in [0.3, 0.4) is 0 Å². The number of nitrogens with two attached hydrogens (primary N) is 1. The van der Waals surface area contributed by atoms with Crippen LogP contribution < -0.4 is 21.7 Å². The van der Waals surface area contributed by atoms with Gasteiger partial charge in [0.15, 0.2) is 0 Å². The van der Waals surface area contributed by atoms with E-state index in [1.807, 2.05) is 25.1 Å². The van der Waals surface area contributed by atoms with E-state index in [1.54, 1.807) is 0 Å². The largest absolute Gasteiger partial charge is 0.369 e. The Labute approximate surface area is 195 Å². The summed E-state index contributed by atoms with van der Waals surface area (Å²) in [5.41, 5.74) is 7.23. The topological polar surface area (TPSA) is 148 Å². The van der Waals surface area contributed by atoms with Crippen LogP contribution in [0.5, 0.6) is 0 Å². The van der Waals surface area contributed by atoms with Crippen molar-refractivity contribution in [3.63, 3.8) is 0 Å². The maximum atomic E-state index is 11.4. The first-order chi connectivity index (χ1) is 15.3. The summed E-state index contributed by atoms with van der Waals surface area (Å²) in [7, 11) is 0. The van der Waals surface area contributed by atoms with E-state index in [1.165, 1.54) is 6.20 Å². The molecule has 3 rings (SSSR count). The molecule has 0 atom stereocenters. The van der Waals surface area contributed by atoms with Gasteiger partial charge < -0.3 is 21.7 Å². The van der Waals surface area contributed by atoms with Crippen molar-refractivity contribution in [1.29, 1.82) is 0 Å². The van der Waals surface area contributed by atoms with E-state index >= 15 is 0 Å². The van der Waals surface area contributed by atoms with Crippen molar-refractivity contribution in [3.8, 4) is 0 Å². The second kappa shape index (κ2) is 11.2. The number of carbonyl (C=O) groups is 1. The zero-order valence-electron chi connectivity index (χ0n) is 17.9. The first kappa shape index (κ1) is 23.9. The quantitative estimate of drug-likeness (QED) is 0.284. The van der Waals surface area contributed by atoms with Gasteiger partial charge in [-0.25, -0.2) is 4.98 Å². The third kappa shape index (κ3) is 6.60. The highest BCUT2D eigenvalue weighted by Crippen LogP contribution is 2.27. The first-order valence-corrected chi connectivity index (χ1v) is 11.4. The minimum Gasteiger partial charge on any atom is -0.369 e. The third-order valence-corrected chi connectivity index (χ3v) is 6.61. The second-order valence-corrected chi connectivity index (χ2v) is 8.86. The van der Waals surface area contributed by atoms with Gasteiger partial charge in [-0.2, -0.15) is 4.98 Å². The molecule has 1 aromatic carbocycles. The predicted molar refractivity (Wildman–Crippen MR) is 126 cm³/mol. The fourth-order valence-electron chi connectivity index (χ4n) is 3.80. The SMILES string of the molecule is Cc1c(Br)cccc1CNc1ncc([N+](=O)[O-])c(NC[C@H]2CC[C@H](NCC(N)=O)CC2)n1. The van der Waals surface area contributed by atoms with Crippen LogP contribution in [0.15, 0.2) is 28.9 Å². The van der Waals surface area contributed by atoms with Gasteiger partial charge >= 0.3 is 5.69 Å². The molecule has 5 N–H and O–H groups in total. The summed E-state index contributed by atoms with van der Waals surface area (Å²) in [4.78, 5) is 30.3. The van der Waals surface area contributed by atoms with E-state index in [0.717, 1.165) is 41.3 Å². The number of anilines is 2. The molecule has 10 nitrogen and oxygen atoms in total. The van der Waals surface area contributed by atoms with Crippen LogP contribution in [-0.2, 0) is 11.3 Å². The Morgan fingerprint density at radius 2 is 2.03 bits per heavy atom. The van der Waals surface area contributed by atoms with E-state index in [9.17, 15) is 14.9 Å². The van der Waals surface area contributed by atoms with Crippen LogP contribution in [0.4, 0.5) is 17.5 Å². The van der Waals surface area contributed by atoms with Crippen molar-refractivity contribution in [2.24, 2.45) is 11.7 Å². The Morgan fingerprint density at radius 1 is 1.28 bits per heavy atom. The molecular weight excluding hydrogens is 478 g/mol. The summed E-state index contributed by atoms with van der Waals surface area (Å²) in [6.45, 7) is 3.30. The van der Waals surface area contributed by atoms with E-state index < -0.39 is 4.92 Å². The van der Waals surface area contributed by atoms with Gasteiger partial charge in [-0.3, -0.25) is 14.9 Å². The standard InChI is InChI=1S/C21H28BrN7O3/c1-13-15(3-2-4-17(13)22)10-26-21-27-11-18(29(31)32)20(28-21)25-9-14-5-7-16(8-6-14)24-12-19(23)30/h2-4,11,14,16,24H,5-10,12H2,1H3,(H2,23,30)(H2,25,26,27,28)/t14-,16-. The van der Waals surface area contributed by atoms with Crippen LogP contribution in [-0.4, -0.2) is 39.9 Å². The minimum absolute atomic E-state index is 0.147. The highest BCUT2D eigenvalue weighted by atomic mass is 79.9. The summed E-state index contributed by atoms with van der Waals surface area (Å²) in [6.07, 6.45) is 5.01. The van der Waals surface area contributed by atoms with E-state index in [2.05, 4.69) is 41.8 Å². The van der Waals surface area contributed by atoms with Gasteiger partial charge in [0.05, 0.1) is 11.5 Å². The van der Waals surface area contributed by atoms with Crippen molar-refractivity contribution in [2.45, 2.75) is 45.2 Å². The minimum atomic E-state index is -0.477. The van der Waals surface area contributed by atoms with Gasteiger partial charge in [-0.1, -0.05) is 28.1 Å². The monoisotopic (exact) mass is 505 g/mol. The third-order valence-electron chi connectivity index (χ3n) is 5.75. The number of halogens is 1. The molecule has 172 valence electrons. The Morgan fingerprint density at radius 3 is 2.72 bits per heavy atom. The molecule has 0 unspecified atom stereocenters. The highest BCUT2D eigenvalue weighted by Gasteiger charge is 2.23. The van der Waals surface area contributed by atoms with Crippen LogP contribution in [0.2, 0.25) is 0 Å². The molecule has 1 amide bonds. The lowest BCUT2D eigenvalue weighted by Crippen LogP contribution is -2.39. The van der Waals surface area contributed by atoms with E-state index in [0.29, 0.717) is 25.0 Å². The molecule has 1 saturated carbocycles. The molecule has 0 spiro atoms. The molecular formula is C21H28BrN7O3. The average Bonchev–Trinajstić information content (AvgIpc) is 2.77. The Balaban J connectivity index is 1.58. The molecule has 1 heterocycles. The number of hydrogen-bond donors (Lipinski definition) is 4. The van der Waals surface area contributed by atoms with Gasteiger partial charge in [-0.15, -0.1) is 0 Å². The number of rotatable bonds is 10. The summed E-state index contributed by atoms with van der Waals surface area (Å²) in [6, 6.07) is 6.22. The lowest BCUT2D eigenvalue weighted by Gasteiger charge is -2.29. The van der Waals surface area contributed by atoms with Crippen LogP contribution in [0.25, 0.3) is 0 Å². The van der Waals surface area contributed by atoms with Gasteiger partial charge in [0.25, 0.3) is 0 Å². The van der Waals surface area contributed by atoms with Crippen molar-refractivity contribution in [2.75, 3.05) is 23.7 Å². The zero-order valence-corrected chi connectivity index (χ0v) is 19.5. The number of aromatic nitrogens is 2. The smallest absolute Gasteiger partial charge is 0.329 e. The molecule has 0 aliphatic heterocycles. The van der Waals surface area contributed by atoms with Crippen molar-refractivity contribution >= 4 is 39.3 Å². The molecule has 1 fully saturated rings. The first-order valence-electron chi connectivity index (χ1n) is 10.6. The van der Waals surface area contributed by atoms with Gasteiger partial charge in [0, 0.05) is 23.6 Å². The van der Waals surface area contributed by atoms with E-state index in [4.69, 9.17) is 5.73 Å². The second-order valence-electron chi connectivity index (χ2n) is 8.01. The van der Waals surface area contributed by atoms with Crippen LogP contribution in [0, 0.1) is 23.0 Å². The van der Waals surface area contributed by atoms with E-state index in [-0.39, 0.29) is 30.0 Å². The lowest BCUT2D eigenvalue weighted by molar-refractivity contribution is -0.384. The van der Waals surface area contributed by atoms with Crippen molar-refractivity contribution in [3.05, 3.63) is 50.1 Å². The molecule has 1 aliphatic rings. The number of nitro groups is 1. The molecule has 11 heteroatoms. The number of carbonyl (C=O) groups excluding carboxylic acids is 1. The van der Waals surface area contributed by atoms with Gasteiger partial charge in [0.2, 0.25) is 17.7 Å². The summed E-state index contributed by atoms with van der Waals surface area (Å²) < 4.78 is 1.02. The number of hydrogen-bond acceptors (Lipinski definition) is 8. The maximum absolute atomic E-state index is 11.4. The molecule has 0 saturated heterocycles. The summed E-state index contributed by atoms with van der Waals surface area (Å²) >= 11 is 3.52. The van der Waals surface area contributed by atoms with Crippen molar-refractivity contribution < 1.29 is 9.72 Å². The maximum Gasteiger partial charge on any atom is 0.329 e. The summed E-state index contributed by atoms with van der Waals surface area (Å²) in [5, 5.41) is 20.9.